The lowest BCUT2D eigenvalue weighted by Gasteiger charge is -2.34. The first-order valence-corrected chi connectivity index (χ1v) is 8.82. The van der Waals surface area contributed by atoms with E-state index in [1.54, 1.807) is 0 Å². The number of likely N-dealkylation sites (N-methyl/N-ethyl adjacent to an activating group) is 1. The second-order valence-electron chi connectivity index (χ2n) is 7.88. The van der Waals surface area contributed by atoms with Gasteiger partial charge in [-0.3, -0.25) is 4.57 Å². The number of phosphoric ester groups is 1. The maximum absolute atomic E-state index is 11.3. The maximum Gasteiger partial charge on any atom is 0.266 e. The lowest BCUT2D eigenvalue weighted by molar-refractivity contribution is -0.874. The summed E-state index contributed by atoms with van der Waals surface area (Å²) in [5.41, 5.74) is 2.70. The molecule has 6 heteroatoms. The van der Waals surface area contributed by atoms with Gasteiger partial charge in [-0.1, -0.05) is 44.5 Å². The van der Waals surface area contributed by atoms with Gasteiger partial charge >= 0.3 is 0 Å². The molecule has 0 heterocycles. The summed E-state index contributed by atoms with van der Waals surface area (Å²) < 4.78 is 16.8. The molecule has 1 rings (SSSR count). The van der Waals surface area contributed by atoms with Gasteiger partial charge in [0.2, 0.25) is 0 Å². The zero-order chi connectivity index (χ0) is 17.3. The molecule has 2 unspecified atom stereocenters. The number of rotatable bonds is 5. The molecule has 0 radical (unpaired) electrons. The molecule has 2 atom stereocenters. The van der Waals surface area contributed by atoms with Crippen molar-refractivity contribution in [2.24, 2.45) is 0 Å². The molecule has 0 aliphatic heterocycles. The van der Waals surface area contributed by atoms with E-state index in [0.717, 1.165) is 16.7 Å². The molecule has 1 aromatic rings. The number of phosphoric acid groups is 1. The van der Waals surface area contributed by atoms with E-state index < -0.39 is 13.9 Å². The number of hydrogen-bond acceptors (Lipinski definition) is 3. The Morgan fingerprint density at radius 3 is 2.27 bits per heavy atom. The zero-order valence-electron chi connectivity index (χ0n) is 14.6. The fraction of sp³-hybridized carbons (Fsp3) is 0.625. The summed E-state index contributed by atoms with van der Waals surface area (Å²) in [6.07, 6.45) is -0.720. The van der Waals surface area contributed by atoms with Crippen LogP contribution in [-0.2, 0) is 14.5 Å². The van der Waals surface area contributed by atoms with Gasteiger partial charge in [-0.2, -0.15) is 0 Å². The van der Waals surface area contributed by atoms with Crippen LogP contribution in [-0.4, -0.2) is 37.1 Å². The van der Waals surface area contributed by atoms with Crippen molar-refractivity contribution in [3.05, 3.63) is 34.9 Å². The second-order valence-corrected chi connectivity index (χ2v) is 9.02. The fourth-order valence-electron chi connectivity index (χ4n) is 2.48. The van der Waals surface area contributed by atoms with Crippen molar-refractivity contribution in [1.82, 2.24) is 0 Å². The summed E-state index contributed by atoms with van der Waals surface area (Å²) in [6, 6.07) is 5.95. The molecule has 5 nitrogen and oxygen atoms in total. The first-order valence-electron chi connectivity index (χ1n) is 7.33. The van der Waals surface area contributed by atoms with E-state index in [1.165, 1.54) is 0 Å². The third kappa shape index (κ3) is 6.19. The molecule has 0 amide bonds. The van der Waals surface area contributed by atoms with Crippen LogP contribution in [0.3, 0.4) is 0 Å². The molecular formula is C16H28NO4P. The van der Waals surface area contributed by atoms with Crippen LogP contribution in [0.15, 0.2) is 18.2 Å². The van der Waals surface area contributed by atoms with Gasteiger partial charge in [0.05, 0.1) is 21.1 Å². The van der Waals surface area contributed by atoms with E-state index in [0.29, 0.717) is 11.0 Å². The van der Waals surface area contributed by atoms with Crippen LogP contribution in [0, 0.1) is 6.92 Å². The summed E-state index contributed by atoms with van der Waals surface area (Å²) in [5.74, 6) is 0. The largest absolute Gasteiger partial charge is 0.756 e. The molecule has 1 N–H and O–H groups in total. The SMILES string of the molecule is Cc1ccc(C(C)(C)C)c(C(C[N+](C)(C)C)OP(=O)([O-])O)c1. The molecule has 0 saturated heterocycles. The van der Waals surface area contributed by atoms with Crippen molar-refractivity contribution < 1.29 is 23.4 Å². The van der Waals surface area contributed by atoms with E-state index in [-0.39, 0.29) is 5.41 Å². The van der Waals surface area contributed by atoms with E-state index >= 15 is 0 Å². The third-order valence-electron chi connectivity index (χ3n) is 3.34. The summed E-state index contributed by atoms with van der Waals surface area (Å²) in [5, 5.41) is 0. The zero-order valence-corrected chi connectivity index (χ0v) is 15.5. The summed E-state index contributed by atoms with van der Waals surface area (Å²) in [7, 11) is 1.04. The molecule has 1 aromatic carbocycles. The molecule has 126 valence electrons. The predicted octanol–water partition coefficient (Wildman–Crippen LogP) is 2.52. The second kappa shape index (κ2) is 6.42. The Morgan fingerprint density at radius 1 is 1.32 bits per heavy atom. The van der Waals surface area contributed by atoms with E-state index in [2.05, 4.69) is 20.8 Å². The average molecular weight is 329 g/mol. The summed E-state index contributed by atoms with van der Waals surface area (Å²) in [4.78, 5) is 20.5. The quantitative estimate of drug-likeness (QED) is 0.666. The Labute approximate surface area is 133 Å². The van der Waals surface area contributed by atoms with Gasteiger partial charge in [0.15, 0.2) is 0 Å². The minimum Gasteiger partial charge on any atom is -0.756 e. The van der Waals surface area contributed by atoms with Gasteiger partial charge in [-0.05, 0) is 23.5 Å². The molecule has 0 aromatic heterocycles. The van der Waals surface area contributed by atoms with E-state index in [1.807, 2.05) is 46.3 Å². The molecule has 0 bridgehead atoms. The van der Waals surface area contributed by atoms with Crippen LogP contribution in [0.4, 0.5) is 0 Å². The highest BCUT2D eigenvalue weighted by Crippen LogP contribution is 2.42. The minimum absolute atomic E-state index is 0.155. The smallest absolute Gasteiger partial charge is 0.266 e. The van der Waals surface area contributed by atoms with Gasteiger partial charge < -0.3 is 18.8 Å². The number of quaternary nitrogens is 1. The first kappa shape index (κ1) is 19.3. The number of nitrogens with zero attached hydrogens (tertiary/aromatic N) is 1. The molecule has 0 aliphatic carbocycles. The molecular weight excluding hydrogens is 301 g/mol. The van der Waals surface area contributed by atoms with E-state index in [9.17, 15) is 14.4 Å². The third-order valence-corrected chi connectivity index (χ3v) is 3.86. The Hall–Kier alpha value is -0.710. The highest BCUT2D eigenvalue weighted by Gasteiger charge is 2.29. The van der Waals surface area contributed by atoms with Crippen molar-refractivity contribution in [3.8, 4) is 0 Å². The van der Waals surface area contributed by atoms with Crippen LogP contribution in [0.1, 0.15) is 43.6 Å². The van der Waals surface area contributed by atoms with Crippen LogP contribution in [0.2, 0.25) is 0 Å². The fourth-order valence-corrected chi connectivity index (χ4v) is 2.98. The van der Waals surface area contributed by atoms with Crippen LogP contribution in [0.25, 0.3) is 0 Å². The maximum atomic E-state index is 11.3. The highest BCUT2D eigenvalue weighted by atomic mass is 31.2. The lowest BCUT2D eigenvalue weighted by atomic mass is 9.81. The van der Waals surface area contributed by atoms with Gasteiger partial charge in [0.1, 0.15) is 12.6 Å². The van der Waals surface area contributed by atoms with Crippen molar-refractivity contribution in [2.75, 3.05) is 27.7 Å². The Kier molecular flexibility index (Phi) is 5.64. The van der Waals surface area contributed by atoms with Gasteiger partial charge in [-0.15, -0.1) is 0 Å². The minimum atomic E-state index is -4.82. The molecule has 0 spiro atoms. The first-order chi connectivity index (χ1) is 9.69. The number of aryl methyl sites for hydroxylation is 1. The van der Waals surface area contributed by atoms with E-state index in [4.69, 9.17) is 4.52 Å². The van der Waals surface area contributed by atoms with Crippen molar-refractivity contribution in [3.63, 3.8) is 0 Å². The molecule has 22 heavy (non-hydrogen) atoms. The highest BCUT2D eigenvalue weighted by molar-refractivity contribution is 7.44. The van der Waals surface area contributed by atoms with Gasteiger partial charge in [0.25, 0.3) is 7.82 Å². The molecule has 0 saturated carbocycles. The number of benzene rings is 1. The Balaban J connectivity index is 3.41. The lowest BCUT2D eigenvalue weighted by Crippen LogP contribution is -2.39. The van der Waals surface area contributed by atoms with Crippen LogP contribution in [0.5, 0.6) is 0 Å². The monoisotopic (exact) mass is 329 g/mol. The van der Waals surface area contributed by atoms with Crippen molar-refractivity contribution in [1.29, 1.82) is 0 Å². The topological polar surface area (TPSA) is 69.6 Å². The van der Waals surface area contributed by atoms with Crippen molar-refractivity contribution in [2.45, 2.75) is 39.2 Å². The van der Waals surface area contributed by atoms with Gasteiger partial charge in [-0.25, -0.2) is 0 Å². The molecule has 0 fully saturated rings. The summed E-state index contributed by atoms with van der Waals surface area (Å²) >= 11 is 0. The molecule has 0 aliphatic rings. The van der Waals surface area contributed by atoms with Crippen molar-refractivity contribution >= 4 is 7.82 Å². The Bertz CT molecular complexity index is 566. The van der Waals surface area contributed by atoms with Crippen LogP contribution >= 0.6 is 7.82 Å². The van der Waals surface area contributed by atoms with Gasteiger partial charge in [0, 0.05) is 0 Å². The van der Waals surface area contributed by atoms with Crippen LogP contribution < -0.4 is 4.89 Å². The Morgan fingerprint density at radius 2 is 1.86 bits per heavy atom. The standard InChI is InChI=1S/C16H28NO4P/c1-12-8-9-14(16(2,3)4)13(10-12)15(11-17(5,6)7)21-22(18,19)20/h8-10,15H,11H2,1-7H3,(H-,18,19,20). The predicted molar refractivity (Wildman–Crippen MR) is 86.4 cm³/mol. The normalized spacial score (nSPS) is 17.1. The number of hydrogen-bond donors (Lipinski definition) is 1. The average Bonchev–Trinajstić information content (AvgIpc) is 2.22. The summed E-state index contributed by atoms with van der Waals surface area (Å²) in [6.45, 7) is 8.59.